The van der Waals surface area contributed by atoms with Crippen molar-refractivity contribution in [2.24, 2.45) is 0 Å². The highest BCUT2D eigenvalue weighted by Crippen LogP contribution is 2.25. The van der Waals surface area contributed by atoms with Crippen LogP contribution in [0.5, 0.6) is 0 Å². The number of hydrogen-bond donors (Lipinski definition) is 1. The standard InChI is InChI=1S/C17H15FN4O/c18-13-6-4-11(5-7-13)12-9-15(19)22-16(10-12)20-17(21-22)14-3-1-2-8-23-14/h3-7,9-10H,1-2,8,19H2. The SMILES string of the molecule is Nc1cc(-c2ccc(F)cc2)cc2nc(C3=CCCCO3)nn12. The van der Waals surface area contributed by atoms with Gasteiger partial charge in [0.1, 0.15) is 11.6 Å². The molecule has 0 atom stereocenters. The molecular formula is C17H15FN4O. The lowest BCUT2D eigenvalue weighted by atomic mass is 10.1. The topological polar surface area (TPSA) is 65.4 Å². The van der Waals surface area contributed by atoms with Crippen molar-refractivity contribution in [1.29, 1.82) is 0 Å². The van der Waals surface area contributed by atoms with Crippen molar-refractivity contribution in [3.05, 3.63) is 54.1 Å². The minimum atomic E-state index is -0.269. The molecule has 0 saturated carbocycles. The van der Waals surface area contributed by atoms with Gasteiger partial charge >= 0.3 is 0 Å². The fraction of sp³-hybridized carbons (Fsp3) is 0.176. The molecule has 1 aliphatic heterocycles. The van der Waals surface area contributed by atoms with Crippen LogP contribution in [0.15, 0.2) is 42.5 Å². The van der Waals surface area contributed by atoms with Crippen LogP contribution in [0.2, 0.25) is 0 Å². The van der Waals surface area contributed by atoms with Crippen molar-refractivity contribution in [2.45, 2.75) is 12.8 Å². The number of halogens is 1. The Labute approximate surface area is 132 Å². The van der Waals surface area contributed by atoms with E-state index in [0.29, 0.717) is 29.7 Å². The Hall–Kier alpha value is -2.89. The molecule has 0 saturated heterocycles. The van der Waals surface area contributed by atoms with Crippen molar-refractivity contribution >= 4 is 17.2 Å². The molecule has 0 radical (unpaired) electrons. The number of rotatable bonds is 2. The van der Waals surface area contributed by atoms with Crippen molar-refractivity contribution < 1.29 is 9.13 Å². The van der Waals surface area contributed by atoms with Crippen molar-refractivity contribution in [3.8, 4) is 11.1 Å². The van der Waals surface area contributed by atoms with Crippen LogP contribution in [-0.2, 0) is 4.74 Å². The third-order valence-electron chi connectivity index (χ3n) is 3.80. The van der Waals surface area contributed by atoms with E-state index in [1.54, 1.807) is 22.7 Å². The highest BCUT2D eigenvalue weighted by molar-refractivity contribution is 5.71. The lowest BCUT2D eigenvalue weighted by Crippen LogP contribution is -2.02. The zero-order valence-electron chi connectivity index (χ0n) is 12.4. The van der Waals surface area contributed by atoms with Gasteiger partial charge in [0, 0.05) is 0 Å². The van der Waals surface area contributed by atoms with E-state index in [1.807, 2.05) is 12.1 Å². The summed E-state index contributed by atoms with van der Waals surface area (Å²) in [6.45, 7) is 0.678. The average molecular weight is 310 g/mol. The molecule has 5 nitrogen and oxygen atoms in total. The van der Waals surface area contributed by atoms with Crippen LogP contribution in [0.4, 0.5) is 10.2 Å². The summed E-state index contributed by atoms with van der Waals surface area (Å²) in [5.41, 5.74) is 8.47. The number of hydrogen-bond acceptors (Lipinski definition) is 4. The van der Waals surface area contributed by atoms with Gasteiger partial charge < -0.3 is 10.5 Å². The van der Waals surface area contributed by atoms with E-state index in [4.69, 9.17) is 10.5 Å². The highest BCUT2D eigenvalue weighted by atomic mass is 19.1. The minimum absolute atomic E-state index is 0.269. The molecule has 3 aromatic rings. The summed E-state index contributed by atoms with van der Waals surface area (Å²) < 4.78 is 20.3. The van der Waals surface area contributed by atoms with Crippen LogP contribution in [0.25, 0.3) is 22.5 Å². The first-order valence-corrected chi connectivity index (χ1v) is 7.46. The van der Waals surface area contributed by atoms with E-state index < -0.39 is 0 Å². The van der Waals surface area contributed by atoms with E-state index in [-0.39, 0.29) is 5.82 Å². The van der Waals surface area contributed by atoms with Crippen molar-refractivity contribution in [3.63, 3.8) is 0 Å². The summed E-state index contributed by atoms with van der Waals surface area (Å²) in [7, 11) is 0. The van der Waals surface area contributed by atoms with E-state index in [2.05, 4.69) is 10.1 Å². The third-order valence-corrected chi connectivity index (χ3v) is 3.80. The molecule has 116 valence electrons. The number of nitrogens with zero attached hydrogens (tertiary/aromatic N) is 3. The van der Waals surface area contributed by atoms with Crippen LogP contribution >= 0.6 is 0 Å². The molecule has 0 amide bonds. The van der Waals surface area contributed by atoms with Gasteiger partial charge in [0.05, 0.1) is 6.61 Å². The largest absolute Gasteiger partial charge is 0.490 e. The van der Waals surface area contributed by atoms with Gasteiger partial charge in [-0.3, -0.25) is 0 Å². The number of aromatic nitrogens is 3. The Kier molecular flexibility index (Phi) is 3.22. The molecule has 6 heteroatoms. The number of anilines is 1. The molecule has 0 spiro atoms. The van der Waals surface area contributed by atoms with Crippen molar-refractivity contribution in [1.82, 2.24) is 14.6 Å². The highest BCUT2D eigenvalue weighted by Gasteiger charge is 2.15. The Morgan fingerprint density at radius 3 is 2.70 bits per heavy atom. The Morgan fingerprint density at radius 2 is 1.96 bits per heavy atom. The fourth-order valence-corrected chi connectivity index (χ4v) is 2.64. The smallest absolute Gasteiger partial charge is 0.217 e. The summed E-state index contributed by atoms with van der Waals surface area (Å²) in [5.74, 6) is 1.43. The Morgan fingerprint density at radius 1 is 1.13 bits per heavy atom. The number of pyridine rings is 1. The second kappa shape index (κ2) is 5.39. The van der Waals surface area contributed by atoms with Gasteiger partial charge in [-0.15, -0.1) is 5.10 Å². The molecule has 23 heavy (non-hydrogen) atoms. The first kappa shape index (κ1) is 13.8. The van der Waals surface area contributed by atoms with Gasteiger partial charge in [0.15, 0.2) is 11.4 Å². The lowest BCUT2D eigenvalue weighted by Gasteiger charge is -2.11. The number of fused-ring (bicyclic) bond motifs is 1. The molecule has 0 unspecified atom stereocenters. The van der Waals surface area contributed by atoms with Crippen molar-refractivity contribution in [2.75, 3.05) is 12.3 Å². The molecular weight excluding hydrogens is 295 g/mol. The number of nitrogen functional groups attached to an aromatic ring is 1. The molecule has 4 rings (SSSR count). The maximum absolute atomic E-state index is 13.1. The Balaban J connectivity index is 1.80. The fourth-order valence-electron chi connectivity index (χ4n) is 2.64. The monoisotopic (exact) mass is 310 g/mol. The molecule has 2 aromatic heterocycles. The predicted octanol–water partition coefficient (Wildman–Crippen LogP) is 3.27. The Bertz CT molecular complexity index is 899. The molecule has 1 aliphatic rings. The second-order valence-corrected chi connectivity index (χ2v) is 5.44. The zero-order chi connectivity index (χ0) is 15.8. The molecule has 0 bridgehead atoms. The molecule has 3 heterocycles. The van der Waals surface area contributed by atoms with E-state index in [0.717, 1.165) is 24.0 Å². The number of benzene rings is 1. The van der Waals surface area contributed by atoms with Gasteiger partial charge in [0.2, 0.25) is 5.82 Å². The summed E-state index contributed by atoms with van der Waals surface area (Å²) in [6, 6.07) is 9.95. The van der Waals surface area contributed by atoms with Crippen LogP contribution in [0.1, 0.15) is 18.7 Å². The summed E-state index contributed by atoms with van der Waals surface area (Å²) in [6.07, 6.45) is 3.96. The quantitative estimate of drug-likeness (QED) is 0.789. The molecule has 0 aliphatic carbocycles. The zero-order valence-corrected chi connectivity index (χ0v) is 12.4. The molecule has 2 N–H and O–H groups in total. The number of ether oxygens (including phenoxy) is 1. The average Bonchev–Trinajstić information content (AvgIpc) is 3.01. The van der Waals surface area contributed by atoms with Gasteiger partial charge in [-0.05, 0) is 54.3 Å². The summed E-state index contributed by atoms with van der Waals surface area (Å²) >= 11 is 0. The third kappa shape index (κ3) is 2.52. The number of nitrogens with two attached hydrogens (primary N) is 1. The second-order valence-electron chi connectivity index (χ2n) is 5.44. The minimum Gasteiger partial charge on any atom is -0.490 e. The maximum Gasteiger partial charge on any atom is 0.217 e. The van der Waals surface area contributed by atoms with Crippen LogP contribution in [0.3, 0.4) is 0 Å². The van der Waals surface area contributed by atoms with Gasteiger partial charge in [-0.1, -0.05) is 12.1 Å². The lowest BCUT2D eigenvalue weighted by molar-refractivity contribution is 0.256. The molecule has 0 fully saturated rings. The number of allylic oxidation sites excluding steroid dienone is 1. The maximum atomic E-state index is 13.1. The van der Waals surface area contributed by atoms with Gasteiger partial charge in [-0.2, -0.15) is 4.52 Å². The van der Waals surface area contributed by atoms with E-state index in [1.165, 1.54) is 12.1 Å². The van der Waals surface area contributed by atoms with Crippen LogP contribution in [-0.4, -0.2) is 21.2 Å². The van der Waals surface area contributed by atoms with Crippen LogP contribution in [0, 0.1) is 5.82 Å². The normalized spacial score (nSPS) is 14.6. The first-order valence-electron chi connectivity index (χ1n) is 7.46. The van der Waals surface area contributed by atoms with E-state index >= 15 is 0 Å². The van der Waals surface area contributed by atoms with Crippen LogP contribution < -0.4 is 5.73 Å². The first-order chi connectivity index (χ1) is 11.2. The van der Waals surface area contributed by atoms with E-state index in [9.17, 15) is 4.39 Å². The predicted molar refractivity (Wildman–Crippen MR) is 86.0 cm³/mol. The van der Waals surface area contributed by atoms with Gasteiger partial charge in [-0.25, -0.2) is 9.37 Å². The van der Waals surface area contributed by atoms with Gasteiger partial charge in [0.25, 0.3) is 0 Å². The summed E-state index contributed by atoms with van der Waals surface area (Å²) in [5, 5.41) is 4.41. The summed E-state index contributed by atoms with van der Waals surface area (Å²) in [4.78, 5) is 4.51. The molecule has 1 aromatic carbocycles.